The van der Waals surface area contributed by atoms with Crippen LogP contribution in [-0.2, 0) is 11.3 Å². The van der Waals surface area contributed by atoms with E-state index in [1.165, 1.54) is 4.90 Å². The molecule has 1 fully saturated rings. The molecule has 5 nitrogen and oxygen atoms in total. The van der Waals surface area contributed by atoms with Crippen LogP contribution in [0, 0.1) is 3.57 Å². The number of amides is 2. The molecule has 1 aliphatic rings. The van der Waals surface area contributed by atoms with E-state index in [0.717, 1.165) is 26.5 Å². The lowest BCUT2D eigenvalue weighted by atomic mass is 10.1. The molecule has 134 valence electrons. The predicted octanol–water partition coefficient (Wildman–Crippen LogP) is 4.54. The minimum Gasteiger partial charge on any atom is -0.493 e. The topological polar surface area (TPSA) is 55.8 Å². The first-order chi connectivity index (χ1) is 12.5. The Morgan fingerprint density at radius 2 is 1.85 bits per heavy atom. The number of halogens is 1. The van der Waals surface area contributed by atoms with Gasteiger partial charge in [-0.1, -0.05) is 30.3 Å². The van der Waals surface area contributed by atoms with Crippen molar-refractivity contribution in [2.45, 2.75) is 6.54 Å². The minimum atomic E-state index is -0.284. The van der Waals surface area contributed by atoms with Crippen LogP contribution in [0.2, 0.25) is 0 Å². The largest absolute Gasteiger partial charge is 0.493 e. The van der Waals surface area contributed by atoms with Crippen LogP contribution in [0.4, 0.5) is 4.79 Å². The van der Waals surface area contributed by atoms with Crippen LogP contribution < -0.4 is 9.47 Å². The minimum absolute atomic E-state index is 0.264. The second kappa shape index (κ2) is 8.13. The fourth-order valence-electron chi connectivity index (χ4n) is 2.57. The van der Waals surface area contributed by atoms with Crippen molar-refractivity contribution in [1.82, 2.24) is 4.90 Å². The fourth-order valence-corrected chi connectivity index (χ4v) is 4.26. The second-order valence-electron chi connectivity index (χ2n) is 5.49. The van der Waals surface area contributed by atoms with Gasteiger partial charge in [-0.25, -0.2) is 0 Å². The number of nitrogens with zero attached hydrogens (tertiary/aromatic N) is 1. The maximum atomic E-state index is 12.6. The molecule has 0 spiro atoms. The van der Waals surface area contributed by atoms with Gasteiger partial charge in [0.1, 0.15) is 0 Å². The molecule has 0 radical (unpaired) electrons. The summed E-state index contributed by atoms with van der Waals surface area (Å²) in [7, 11) is 3.14. The smallest absolute Gasteiger partial charge is 0.293 e. The molecule has 1 saturated heterocycles. The van der Waals surface area contributed by atoms with Gasteiger partial charge in [0, 0.05) is 0 Å². The molecular weight excluding hydrogens is 465 g/mol. The highest BCUT2D eigenvalue weighted by Gasteiger charge is 2.35. The summed E-state index contributed by atoms with van der Waals surface area (Å²) in [5.74, 6) is 0.935. The number of benzene rings is 2. The van der Waals surface area contributed by atoms with Gasteiger partial charge in [-0.15, -0.1) is 0 Å². The van der Waals surface area contributed by atoms with Crippen LogP contribution in [-0.4, -0.2) is 30.3 Å². The number of methoxy groups -OCH3 is 2. The monoisotopic (exact) mass is 481 g/mol. The fraction of sp³-hybridized carbons (Fsp3) is 0.158. The number of carbonyl (C=O) groups is 2. The van der Waals surface area contributed by atoms with E-state index in [4.69, 9.17) is 9.47 Å². The standard InChI is InChI=1S/C19H16INO4S/c1-24-15-9-13(8-14(20)17(15)25-2)10-16-18(22)21(19(23)26-16)11-12-6-4-3-5-7-12/h3-10H,11H2,1-2H3/b16-10+. The number of rotatable bonds is 5. The molecule has 2 amide bonds. The molecule has 0 N–H and O–H groups in total. The van der Waals surface area contributed by atoms with Gasteiger partial charge in [-0.3, -0.25) is 14.5 Å². The Kier molecular flexibility index (Phi) is 5.87. The van der Waals surface area contributed by atoms with Crippen LogP contribution in [0.15, 0.2) is 47.4 Å². The lowest BCUT2D eigenvalue weighted by molar-refractivity contribution is -0.123. The number of thioether (sulfide) groups is 1. The van der Waals surface area contributed by atoms with Crippen LogP contribution in [0.5, 0.6) is 11.5 Å². The van der Waals surface area contributed by atoms with E-state index in [0.29, 0.717) is 16.4 Å². The Balaban J connectivity index is 1.87. The molecule has 0 aliphatic carbocycles. The van der Waals surface area contributed by atoms with Gasteiger partial charge in [0.25, 0.3) is 11.1 Å². The normalized spacial score (nSPS) is 15.7. The van der Waals surface area contributed by atoms with Gasteiger partial charge >= 0.3 is 0 Å². The first-order valence-corrected chi connectivity index (χ1v) is 9.64. The van der Waals surface area contributed by atoms with Crippen molar-refractivity contribution in [2.75, 3.05) is 14.2 Å². The van der Waals surface area contributed by atoms with Crippen LogP contribution in [0.25, 0.3) is 6.08 Å². The van der Waals surface area contributed by atoms with Gasteiger partial charge in [0.2, 0.25) is 0 Å². The molecule has 0 aromatic heterocycles. The molecule has 7 heteroatoms. The third-order valence-electron chi connectivity index (χ3n) is 3.81. The second-order valence-corrected chi connectivity index (χ2v) is 7.65. The molecular formula is C19H16INO4S. The summed E-state index contributed by atoms with van der Waals surface area (Å²) in [6.45, 7) is 0.270. The average Bonchev–Trinajstić information content (AvgIpc) is 2.89. The Morgan fingerprint density at radius 3 is 2.50 bits per heavy atom. The first kappa shape index (κ1) is 18.8. The number of hydrogen-bond acceptors (Lipinski definition) is 5. The molecule has 2 aromatic carbocycles. The van der Waals surface area contributed by atoms with Crippen LogP contribution in [0.1, 0.15) is 11.1 Å². The van der Waals surface area contributed by atoms with E-state index in [1.54, 1.807) is 26.4 Å². The van der Waals surface area contributed by atoms with Gasteiger partial charge in [0.15, 0.2) is 11.5 Å². The quantitative estimate of drug-likeness (QED) is 0.464. The Hall–Kier alpha value is -2.00. The summed E-state index contributed by atoms with van der Waals surface area (Å²) in [4.78, 5) is 26.6. The highest BCUT2D eigenvalue weighted by atomic mass is 127. The summed E-state index contributed by atoms with van der Waals surface area (Å²) in [6, 6.07) is 13.1. The molecule has 0 saturated carbocycles. The zero-order valence-corrected chi connectivity index (χ0v) is 17.2. The molecule has 3 rings (SSSR count). The molecule has 2 aromatic rings. The van der Waals surface area contributed by atoms with E-state index in [-0.39, 0.29) is 17.7 Å². The summed E-state index contributed by atoms with van der Waals surface area (Å²) in [5.41, 5.74) is 1.69. The summed E-state index contributed by atoms with van der Waals surface area (Å²) >= 11 is 3.10. The van der Waals surface area contributed by atoms with Crippen molar-refractivity contribution in [3.8, 4) is 11.5 Å². The van der Waals surface area contributed by atoms with Gasteiger partial charge in [0.05, 0.1) is 29.2 Å². The third-order valence-corrected chi connectivity index (χ3v) is 5.52. The molecule has 0 unspecified atom stereocenters. The third kappa shape index (κ3) is 3.88. The Labute approximate surface area is 169 Å². The average molecular weight is 481 g/mol. The van der Waals surface area contributed by atoms with Crippen molar-refractivity contribution < 1.29 is 19.1 Å². The maximum absolute atomic E-state index is 12.6. The van der Waals surface area contributed by atoms with Crippen molar-refractivity contribution in [2.24, 2.45) is 0 Å². The van der Waals surface area contributed by atoms with Gasteiger partial charge in [-0.2, -0.15) is 0 Å². The maximum Gasteiger partial charge on any atom is 0.293 e. The lowest BCUT2D eigenvalue weighted by Crippen LogP contribution is -2.27. The highest BCUT2D eigenvalue weighted by molar-refractivity contribution is 14.1. The van der Waals surface area contributed by atoms with E-state index in [9.17, 15) is 9.59 Å². The zero-order chi connectivity index (χ0) is 18.7. The number of hydrogen-bond donors (Lipinski definition) is 0. The van der Waals surface area contributed by atoms with Gasteiger partial charge < -0.3 is 9.47 Å². The predicted molar refractivity (Wildman–Crippen MR) is 110 cm³/mol. The molecule has 26 heavy (non-hydrogen) atoms. The van der Waals surface area contributed by atoms with E-state index >= 15 is 0 Å². The Bertz CT molecular complexity index is 883. The summed E-state index contributed by atoms with van der Waals surface area (Å²) < 4.78 is 11.5. The highest BCUT2D eigenvalue weighted by Crippen LogP contribution is 2.37. The number of carbonyl (C=O) groups excluding carboxylic acids is 2. The summed E-state index contributed by atoms with van der Waals surface area (Å²) in [6.07, 6.45) is 1.71. The number of imide groups is 1. The van der Waals surface area contributed by atoms with Gasteiger partial charge in [-0.05, 0) is 63.7 Å². The van der Waals surface area contributed by atoms with E-state index < -0.39 is 0 Å². The Morgan fingerprint density at radius 1 is 1.12 bits per heavy atom. The SMILES string of the molecule is COc1cc(/C=C2/SC(=O)N(Cc3ccccc3)C2=O)cc(I)c1OC. The zero-order valence-electron chi connectivity index (χ0n) is 14.2. The van der Waals surface area contributed by atoms with Crippen molar-refractivity contribution in [1.29, 1.82) is 0 Å². The lowest BCUT2D eigenvalue weighted by Gasteiger charge is -2.12. The van der Waals surface area contributed by atoms with Crippen molar-refractivity contribution in [3.05, 3.63) is 62.1 Å². The molecule has 0 atom stereocenters. The van der Waals surface area contributed by atoms with E-state index in [1.807, 2.05) is 36.4 Å². The van der Waals surface area contributed by atoms with Crippen LogP contribution in [0.3, 0.4) is 0 Å². The molecule has 1 heterocycles. The molecule has 1 aliphatic heterocycles. The summed E-state index contributed by atoms with van der Waals surface area (Å²) in [5, 5.41) is -0.264. The van der Waals surface area contributed by atoms with E-state index in [2.05, 4.69) is 22.6 Å². The van der Waals surface area contributed by atoms with Crippen LogP contribution >= 0.6 is 34.4 Å². The molecule has 0 bridgehead atoms. The van der Waals surface area contributed by atoms with Crippen molar-refractivity contribution >= 4 is 51.6 Å². The van der Waals surface area contributed by atoms with Crippen molar-refractivity contribution in [3.63, 3.8) is 0 Å². The first-order valence-electron chi connectivity index (χ1n) is 7.74. The number of ether oxygens (including phenoxy) is 2.